The molecule has 76 valence electrons. The first-order chi connectivity index (χ1) is 7.26. The number of ether oxygens (including phenoxy) is 1. The molecule has 0 atom stereocenters. The first kappa shape index (κ1) is 9.27. The number of nitrogens with zero attached hydrogens (tertiary/aromatic N) is 4. The van der Waals surface area contributed by atoms with Crippen molar-refractivity contribution in [2.75, 3.05) is 7.11 Å². The first-order valence-electron chi connectivity index (χ1n) is 4.26. The van der Waals surface area contributed by atoms with Crippen molar-refractivity contribution < 1.29 is 9.53 Å². The molecule has 0 bridgehead atoms. The Kier molecular flexibility index (Phi) is 2.14. The Hall–Kier alpha value is -2.29. The standard InChI is InChI=1S/C9H8N4O2/c1-15-9(14)7-6-8-12(3-2-10)4-5-13(8)11-7/h4-6H,3H2,1H3. The third kappa shape index (κ3) is 1.44. The summed E-state index contributed by atoms with van der Waals surface area (Å²) in [6, 6.07) is 3.61. The van der Waals surface area contributed by atoms with Crippen molar-refractivity contribution in [3.63, 3.8) is 0 Å². The number of nitriles is 1. The maximum Gasteiger partial charge on any atom is 0.358 e. The van der Waals surface area contributed by atoms with E-state index in [4.69, 9.17) is 5.26 Å². The summed E-state index contributed by atoms with van der Waals surface area (Å²) in [7, 11) is 1.30. The molecule has 0 fully saturated rings. The highest BCUT2D eigenvalue weighted by Crippen LogP contribution is 2.08. The Balaban J connectivity index is 2.48. The molecule has 2 heterocycles. The zero-order valence-corrected chi connectivity index (χ0v) is 8.04. The molecule has 6 nitrogen and oxygen atoms in total. The first-order valence-corrected chi connectivity index (χ1v) is 4.26. The molecule has 0 radical (unpaired) electrons. The number of methoxy groups -OCH3 is 1. The number of imidazole rings is 1. The molecular weight excluding hydrogens is 196 g/mol. The fraction of sp³-hybridized carbons (Fsp3) is 0.222. The van der Waals surface area contributed by atoms with Crippen LogP contribution in [0.25, 0.3) is 5.65 Å². The van der Waals surface area contributed by atoms with E-state index in [0.717, 1.165) is 0 Å². The number of aromatic nitrogens is 3. The number of hydrogen-bond acceptors (Lipinski definition) is 4. The van der Waals surface area contributed by atoms with Crippen LogP contribution in [0.5, 0.6) is 0 Å². The van der Waals surface area contributed by atoms with E-state index in [9.17, 15) is 4.79 Å². The molecule has 0 aliphatic carbocycles. The van der Waals surface area contributed by atoms with E-state index >= 15 is 0 Å². The molecule has 0 aromatic carbocycles. The van der Waals surface area contributed by atoms with Crippen LogP contribution in [0.15, 0.2) is 18.5 Å². The molecule has 0 saturated heterocycles. The van der Waals surface area contributed by atoms with Crippen molar-refractivity contribution in [2.45, 2.75) is 6.54 Å². The van der Waals surface area contributed by atoms with Crippen LogP contribution in [-0.2, 0) is 11.3 Å². The summed E-state index contributed by atoms with van der Waals surface area (Å²) >= 11 is 0. The van der Waals surface area contributed by atoms with Gasteiger partial charge in [0.2, 0.25) is 0 Å². The van der Waals surface area contributed by atoms with Gasteiger partial charge in [0.15, 0.2) is 5.69 Å². The average Bonchev–Trinajstić information content (AvgIpc) is 2.79. The Morgan fingerprint density at radius 1 is 1.67 bits per heavy atom. The van der Waals surface area contributed by atoms with Gasteiger partial charge >= 0.3 is 5.97 Å². The topological polar surface area (TPSA) is 72.3 Å². The lowest BCUT2D eigenvalue weighted by Crippen LogP contribution is -2.01. The van der Waals surface area contributed by atoms with Crippen LogP contribution in [0.4, 0.5) is 0 Å². The molecule has 0 aliphatic rings. The van der Waals surface area contributed by atoms with Crippen LogP contribution in [0.1, 0.15) is 10.5 Å². The van der Waals surface area contributed by atoms with Gasteiger partial charge in [0.1, 0.15) is 12.2 Å². The number of hydrogen-bond donors (Lipinski definition) is 0. The average molecular weight is 204 g/mol. The lowest BCUT2D eigenvalue weighted by Gasteiger charge is -1.92. The number of carbonyl (C=O) groups is 1. The van der Waals surface area contributed by atoms with E-state index in [1.54, 1.807) is 23.0 Å². The van der Waals surface area contributed by atoms with Crippen molar-refractivity contribution in [1.82, 2.24) is 14.2 Å². The van der Waals surface area contributed by atoms with Crippen LogP contribution < -0.4 is 0 Å². The fourth-order valence-electron chi connectivity index (χ4n) is 1.34. The molecule has 2 aromatic rings. The predicted octanol–water partition coefficient (Wildman–Crippen LogP) is 0.446. The quantitative estimate of drug-likeness (QED) is 0.665. The lowest BCUT2D eigenvalue weighted by molar-refractivity contribution is 0.0593. The summed E-state index contributed by atoms with van der Waals surface area (Å²) in [5.74, 6) is -0.484. The molecule has 0 spiro atoms. The highest BCUT2D eigenvalue weighted by Gasteiger charge is 2.12. The van der Waals surface area contributed by atoms with E-state index in [-0.39, 0.29) is 12.2 Å². The Morgan fingerprint density at radius 2 is 2.47 bits per heavy atom. The van der Waals surface area contributed by atoms with E-state index in [1.165, 1.54) is 11.6 Å². The number of carbonyl (C=O) groups excluding carboxylic acids is 1. The second-order valence-corrected chi connectivity index (χ2v) is 2.91. The van der Waals surface area contributed by atoms with E-state index < -0.39 is 5.97 Å². The zero-order chi connectivity index (χ0) is 10.8. The molecule has 0 aliphatic heterocycles. The van der Waals surface area contributed by atoms with Gasteiger partial charge in [-0.15, -0.1) is 0 Å². The molecule has 0 N–H and O–H groups in total. The molecular formula is C9H8N4O2. The molecule has 6 heteroatoms. The Morgan fingerprint density at radius 3 is 3.13 bits per heavy atom. The summed E-state index contributed by atoms with van der Waals surface area (Å²) < 4.78 is 7.77. The van der Waals surface area contributed by atoms with Gasteiger partial charge < -0.3 is 9.30 Å². The molecule has 0 saturated carbocycles. The summed E-state index contributed by atoms with van der Waals surface area (Å²) in [5.41, 5.74) is 0.928. The third-order valence-corrected chi connectivity index (χ3v) is 2.03. The molecule has 0 unspecified atom stereocenters. The monoisotopic (exact) mass is 204 g/mol. The highest BCUT2D eigenvalue weighted by molar-refractivity contribution is 5.88. The molecule has 2 aromatic heterocycles. The van der Waals surface area contributed by atoms with Gasteiger partial charge in [-0.05, 0) is 0 Å². The Bertz CT molecular complexity index is 546. The minimum Gasteiger partial charge on any atom is -0.464 e. The second kappa shape index (κ2) is 3.46. The van der Waals surface area contributed by atoms with Gasteiger partial charge in [-0.25, -0.2) is 9.31 Å². The number of rotatable bonds is 2. The van der Waals surface area contributed by atoms with Gasteiger partial charge in [0.05, 0.1) is 13.2 Å². The van der Waals surface area contributed by atoms with Crippen molar-refractivity contribution in [2.24, 2.45) is 0 Å². The summed E-state index contributed by atoms with van der Waals surface area (Å²) in [5, 5.41) is 12.6. The van der Waals surface area contributed by atoms with Gasteiger partial charge in [0.25, 0.3) is 0 Å². The van der Waals surface area contributed by atoms with Crippen LogP contribution in [0.2, 0.25) is 0 Å². The number of fused-ring (bicyclic) bond motifs is 1. The van der Waals surface area contributed by atoms with Gasteiger partial charge in [-0.3, -0.25) is 0 Å². The predicted molar refractivity (Wildman–Crippen MR) is 50.1 cm³/mol. The zero-order valence-electron chi connectivity index (χ0n) is 8.04. The minimum atomic E-state index is -0.484. The van der Waals surface area contributed by atoms with E-state index in [1.807, 2.05) is 6.07 Å². The van der Waals surface area contributed by atoms with Gasteiger partial charge in [-0.2, -0.15) is 10.4 Å². The second-order valence-electron chi connectivity index (χ2n) is 2.91. The van der Waals surface area contributed by atoms with Crippen LogP contribution in [-0.4, -0.2) is 27.3 Å². The summed E-state index contributed by atoms with van der Waals surface area (Å²) in [6.45, 7) is 0.225. The van der Waals surface area contributed by atoms with Gasteiger partial charge in [0, 0.05) is 18.5 Å². The summed E-state index contributed by atoms with van der Waals surface area (Å²) in [4.78, 5) is 11.2. The van der Waals surface area contributed by atoms with Crippen LogP contribution in [0.3, 0.4) is 0 Å². The smallest absolute Gasteiger partial charge is 0.358 e. The molecule has 0 amide bonds. The highest BCUT2D eigenvalue weighted by atomic mass is 16.5. The lowest BCUT2D eigenvalue weighted by atomic mass is 10.4. The van der Waals surface area contributed by atoms with Crippen molar-refractivity contribution in [3.05, 3.63) is 24.2 Å². The number of esters is 1. The SMILES string of the molecule is COC(=O)c1cc2n(CC#N)ccn2n1. The van der Waals surface area contributed by atoms with E-state index in [0.29, 0.717) is 5.65 Å². The molecule has 15 heavy (non-hydrogen) atoms. The Labute approximate surface area is 85.3 Å². The maximum atomic E-state index is 11.2. The van der Waals surface area contributed by atoms with Gasteiger partial charge in [-0.1, -0.05) is 0 Å². The van der Waals surface area contributed by atoms with Crippen molar-refractivity contribution >= 4 is 11.6 Å². The molecule has 2 rings (SSSR count). The minimum absolute atomic E-state index is 0.225. The van der Waals surface area contributed by atoms with Crippen molar-refractivity contribution in [3.8, 4) is 6.07 Å². The van der Waals surface area contributed by atoms with Crippen molar-refractivity contribution in [1.29, 1.82) is 5.26 Å². The third-order valence-electron chi connectivity index (χ3n) is 2.03. The van der Waals surface area contributed by atoms with Crippen LogP contribution >= 0.6 is 0 Å². The largest absolute Gasteiger partial charge is 0.464 e. The van der Waals surface area contributed by atoms with Crippen LogP contribution in [0, 0.1) is 11.3 Å². The normalized spacial score (nSPS) is 10.1. The fourth-order valence-corrected chi connectivity index (χ4v) is 1.34. The maximum absolute atomic E-state index is 11.2. The van der Waals surface area contributed by atoms with E-state index in [2.05, 4.69) is 9.84 Å². The summed E-state index contributed by atoms with van der Waals surface area (Å²) in [6.07, 6.45) is 3.41.